The van der Waals surface area contributed by atoms with E-state index in [2.05, 4.69) is 29.5 Å². The Balaban J connectivity index is 2.37. The van der Waals surface area contributed by atoms with E-state index in [1.807, 2.05) is 0 Å². The Bertz CT molecular complexity index is 469. The van der Waals surface area contributed by atoms with Gasteiger partial charge in [-0.3, -0.25) is 0 Å². The molecule has 5 nitrogen and oxygen atoms in total. The highest BCUT2D eigenvalue weighted by Crippen LogP contribution is 2.15. The quantitative estimate of drug-likeness (QED) is 0.440. The zero-order chi connectivity index (χ0) is 16.1. The van der Waals surface area contributed by atoms with Gasteiger partial charge in [0.15, 0.2) is 12.3 Å². The van der Waals surface area contributed by atoms with Gasteiger partial charge in [-0.25, -0.2) is 9.48 Å². The van der Waals surface area contributed by atoms with Crippen LogP contribution in [0.3, 0.4) is 0 Å². The van der Waals surface area contributed by atoms with Crippen molar-refractivity contribution in [1.82, 2.24) is 9.78 Å². The second-order valence-corrected chi connectivity index (χ2v) is 11.4. The largest absolute Gasteiger partial charge is 0.451 e. The Morgan fingerprint density at radius 2 is 2.05 bits per heavy atom. The number of carbonyl (C=O) groups excluding carboxylic acids is 1. The molecule has 1 heterocycles. The van der Waals surface area contributed by atoms with Gasteiger partial charge in [-0.15, -0.1) is 0 Å². The van der Waals surface area contributed by atoms with Crippen LogP contribution in [0.1, 0.15) is 10.5 Å². The Morgan fingerprint density at radius 3 is 2.62 bits per heavy atom. The highest BCUT2D eigenvalue weighted by molar-refractivity contribution is 6.76. The third kappa shape index (κ3) is 7.86. The van der Waals surface area contributed by atoms with Crippen LogP contribution in [0, 0.1) is 0 Å². The van der Waals surface area contributed by atoms with E-state index in [4.69, 9.17) is 4.74 Å². The number of aromatic nitrogens is 2. The Morgan fingerprint density at radius 1 is 1.38 bits per heavy atom. The minimum Gasteiger partial charge on any atom is -0.451 e. The van der Waals surface area contributed by atoms with E-state index in [-0.39, 0.29) is 12.4 Å². The number of hydrogen-bond acceptors (Lipinski definition) is 4. The Labute approximate surface area is 122 Å². The highest BCUT2D eigenvalue weighted by atomic mass is 28.3. The molecule has 1 aromatic heterocycles. The number of rotatable bonds is 7. The van der Waals surface area contributed by atoms with Crippen molar-refractivity contribution in [2.24, 2.45) is 0 Å². The van der Waals surface area contributed by atoms with E-state index in [0.29, 0.717) is 6.61 Å². The van der Waals surface area contributed by atoms with Crippen LogP contribution in [0.2, 0.25) is 25.7 Å². The number of alkyl halides is 3. The van der Waals surface area contributed by atoms with Gasteiger partial charge in [-0.1, -0.05) is 19.6 Å². The first-order chi connectivity index (χ1) is 9.57. The molecule has 0 unspecified atom stereocenters. The van der Waals surface area contributed by atoms with Crippen LogP contribution in [-0.2, 0) is 16.2 Å². The lowest BCUT2D eigenvalue weighted by atomic mass is 10.4. The van der Waals surface area contributed by atoms with Crippen LogP contribution in [0.15, 0.2) is 12.3 Å². The summed E-state index contributed by atoms with van der Waals surface area (Å²) in [6.07, 6.45) is -3.09. The summed E-state index contributed by atoms with van der Waals surface area (Å²) in [5, 5.41) is 3.81. The van der Waals surface area contributed by atoms with E-state index in [1.165, 1.54) is 16.9 Å². The second kappa shape index (κ2) is 7.08. The molecule has 21 heavy (non-hydrogen) atoms. The fourth-order valence-electron chi connectivity index (χ4n) is 1.30. The SMILES string of the molecule is C[Si](C)(C)CCOCn1ccc(C(=O)OCC(F)(F)F)n1. The Hall–Kier alpha value is -1.35. The molecule has 0 bridgehead atoms. The molecule has 0 spiro atoms. The summed E-state index contributed by atoms with van der Waals surface area (Å²) in [6.45, 7) is 5.78. The maximum atomic E-state index is 11.9. The predicted molar refractivity (Wildman–Crippen MR) is 72.7 cm³/mol. The van der Waals surface area contributed by atoms with Crippen LogP contribution in [0.5, 0.6) is 0 Å². The van der Waals surface area contributed by atoms with E-state index < -0.39 is 26.8 Å². The van der Waals surface area contributed by atoms with Crippen molar-refractivity contribution < 1.29 is 27.4 Å². The number of ether oxygens (including phenoxy) is 2. The average Bonchev–Trinajstić information content (AvgIpc) is 2.78. The average molecular weight is 324 g/mol. The molecule has 0 aliphatic carbocycles. The van der Waals surface area contributed by atoms with E-state index in [0.717, 1.165) is 6.04 Å². The van der Waals surface area contributed by atoms with Gasteiger partial charge in [-0.05, 0) is 12.1 Å². The zero-order valence-corrected chi connectivity index (χ0v) is 13.2. The first-order valence-corrected chi connectivity index (χ1v) is 10.1. The topological polar surface area (TPSA) is 53.4 Å². The number of nitrogens with zero attached hydrogens (tertiary/aromatic N) is 2. The van der Waals surface area contributed by atoms with Crippen molar-refractivity contribution in [1.29, 1.82) is 0 Å². The van der Waals surface area contributed by atoms with Gasteiger partial charge in [0.2, 0.25) is 0 Å². The van der Waals surface area contributed by atoms with Gasteiger partial charge in [0.25, 0.3) is 0 Å². The number of carbonyl (C=O) groups is 1. The van der Waals surface area contributed by atoms with E-state index in [9.17, 15) is 18.0 Å². The maximum absolute atomic E-state index is 11.9. The first-order valence-electron chi connectivity index (χ1n) is 6.42. The predicted octanol–water partition coefficient (Wildman–Crippen LogP) is 2.91. The lowest BCUT2D eigenvalue weighted by Crippen LogP contribution is -2.22. The van der Waals surface area contributed by atoms with Gasteiger partial charge < -0.3 is 9.47 Å². The van der Waals surface area contributed by atoms with Gasteiger partial charge in [0, 0.05) is 20.9 Å². The molecule has 0 aliphatic heterocycles. The molecule has 0 N–H and O–H groups in total. The van der Waals surface area contributed by atoms with E-state index in [1.54, 1.807) is 0 Å². The molecule has 0 fully saturated rings. The van der Waals surface area contributed by atoms with Crippen molar-refractivity contribution in [2.45, 2.75) is 38.6 Å². The zero-order valence-electron chi connectivity index (χ0n) is 12.2. The fraction of sp³-hybridized carbons (Fsp3) is 0.667. The summed E-state index contributed by atoms with van der Waals surface area (Å²) in [5.41, 5.74) is -0.173. The summed E-state index contributed by atoms with van der Waals surface area (Å²) in [5.74, 6) is -1.10. The molecule has 0 radical (unpaired) electrons. The normalized spacial score (nSPS) is 12.5. The summed E-state index contributed by atoms with van der Waals surface area (Å²) in [7, 11) is -1.17. The summed E-state index contributed by atoms with van der Waals surface area (Å²) in [6, 6.07) is 2.29. The van der Waals surface area contributed by atoms with Crippen LogP contribution >= 0.6 is 0 Å². The van der Waals surface area contributed by atoms with Crippen molar-refractivity contribution in [2.75, 3.05) is 13.2 Å². The van der Waals surface area contributed by atoms with Crippen molar-refractivity contribution >= 4 is 14.0 Å². The lowest BCUT2D eigenvalue weighted by Gasteiger charge is -2.15. The molecule has 0 aromatic carbocycles. The molecule has 0 amide bonds. The molecular weight excluding hydrogens is 305 g/mol. The molecular formula is C12H19F3N2O3Si. The standard InChI is InChI=1S/C12H19F3N2O3Si/c1-21(2,3)7-6-19-9-17-5-4-10(16-17)11(18)20-8-12(13,14)15/h4-5H,6-9H2,1-3H3. The first kappa shape index (κ1) is 17.7. The van der Waals surface area contributed by atoms with Crippen LogP contribution < -0.4 is 0 Å². The van der Waals surface area contributed by atoms with Crippen LogP contribution in [0.4, 0.5) is 13.2 Å². The third-order valence-electron chi connectivity index (χ3n) is 2.44. The molecule has 0 saturated heterocycles. The van der Waals surface area contributed by atoms with Crippen LogP contribution in [-0.4, -0.2) is 43.2 Å². The molecule has 9 heteroatoms. The highest BCUT2D eigenvalue weighted by Gasteiger charge is 2.30. The van der Waals surface area contributed by atoms with E-state index >= 15 is 0 Å². The molecule has 0 aliphatic rings. The third-order valence-corrected chi connectivity index (χ3v) is 4.14. The number of esters is 1. The summed E-state index contributed by atoms with van der Waals surface area (Å²) < 4.78 is 46.6. The molecule has 0 saturated carbocycles. The minimum absolute atomic E-state index is 0.150. The fourth-order valence-corrected chi connectivity index (χ4v) is 2.06. The summed E-state index contributed by atoms with van der Waals surface area (Å²) in [4.78, 5) is 11.3. The van der Waals surface area contributed by atoms with Crippen molar-refractivity contribution in [3.05, 3.63) is 18.0 Å². The number of hydrogen-bond donors (Lipinski definition) is 0. The molecule has 1 aromatic rings. The molecule has 1 rings (SSSR count). The van der Waals surface area contributed by atoms with Crippen LogP contribution in [0.25, 0.3) is 0 Å². The second-order valence-electron chi connectivity index (χ2n) is 5.78. The van der Waals surface area contributed by atoms with Gasteiger partial charge >= 0.3 is 12.1 Å². The van der Waals surface area contributed by atoms with Gasteiger partial charge in [-0.2, -0.15) is 18.3 Å². The molecule has 0 atom stereocenters. The minimum atomic E-state index is -4.54. The maximum Gasteiger partial charge on any atom is 0.422 e. The smallest absolute Gasteiger partial charge is 0.422 e. The Kier molecular flexibility index (Phi) is 5.96. The van der Waals surface area contributed by atoms with Crippen molar-refractivity contribution in [3.8, 4) is 0 Å². The monoisotopic (exact) mass is 324 g/mol. The summed E-state index contributed by atoms with van der Waals surface area (Å²) >= 11 is 0. The van der Waals surface area contributed by atoms with Crippen molar-refractivity contribution in [3.63, 3.8) is 0 Å². The lowest BCUT2D eigenvalue weighted by molar-refractivity contribution is -0.161. The van der Waals surface area contributed by atoms with Gasteiger partial charge in [0.1, 0.15) is 6.73 Å². The number of halogens is 3. The van der Waals surface area contributed by atoms with Gasteiger partial charge in [0.05, 0.1) is 0 Å². The molecule has 120 valence electrons.